The molecule has 140 valence electrons. The first-order valence-corrected chi connectivity index (χ1v) is 9.54. The van der Waals surface area contributed by atoms with Gasteiger partial charge in [0.15, 0.2) is 5.69 Å². The van der Waals surface area contributed by atoms with Gasteiger partial charge in [-0.05, 0) is 42.7 Å². The normalized spacial score (nSPS) is 14.6. The van der Waals surface area contributed by atoms with Crippen LogP contribution >= 0.6 is 0 Å². The molecule has 3 heterocycles. The van der Waals surface area contributed by atoms with Gasteiger partial charge in [-0.2, -0.15) is 10.2 Å². The molecule has 1 amide bonds. The maximum atomic E-state index is 12.7. The number of carbonyl (C=O) groups excluding carboxylic acids is 1. The van der Waals surface area contributed by atoms with Crippen molar-refractivity contribution >= 4 is 16.8 Å². The molecule has 7 heteroatoms. The molecule has 1 aromatic carbocycles. The summed E-state index contributed by atoms with van der Waals surface area (Å²) in [4.78, 5) is 17.1. The zero-order chi connectivity index (χ0) is 18.9. The highest BCUT2D eigenvalue weighted by molar-refractivity contribution is 6.06. The SMILES string of the molecule is O=C(NC1CCCC1)c1n[nH]c2ccc(-c3cn[nH]c3-c3ccccn3)cc12. The molecule has 0 saturated heterocycles. The Labute approximate surface area is 161 Å². The fraction of sp³-hybridized carbons (Fsp3) is 0.238. The summed E-state index contributed by atoms with van der Waals surface area (Å²) in [5, 5.41) is 18.4. The van der Waals surface area contributed by atoms with Crippen LogP contribution in [0.15, 0.2) is 48.8 Å². The smallest absolute Gasteiger partial charge is 0.272 e. The van der Waals surface area contributed by atoms with E-state index in [1.54, 1.807) is 12.4 Å². The second-order valence-electron chi connectivity index (χ2n) is 7.16. The van der Waals surface area contributed by atoms with Gasteiger partial charge in [-0.25, -0.2) is 0 Å². The Balaban J connectivity index is 1.52. The average molecular weight is 372 g/mol. The van der Waals surface area contributed by atoms with E-state index in [0.717, 1.165) is 46.3 Å². The lowest BCUT2D eigenvalue weighted by atomic mass is 10.0. The number of H-pyrrole nitrogens is 2. The van der Waals surface area contributed by atoms with Crippen LogP contribution in [0, 0.1) is 0 Å². The number of rotatable bonds is 4. The fourth-order valence-electron chi connectivity index (χ4n) is 3.89. The summed E-state index contributed by atoms with van der Waals surface area (Å²) in [5.41, 5.74) is 4.83. The quantitative estimate of drug-likeness (QED) is 0.509. The molecule has 4 aromatic rings. The molecular formula is C21H20N6O. The number of hydrogen-bond donors (Lipinski definition) is 3. The summed E-state index contributed by atoms with van der Waals surface area (Å²) >= 11 is 0. The Morgan fingerprint density at radius 1 is 1.11 bits per heavy atom. The number of fused-ring (bicyclic) bond motifs is 1. The van der Waals surface area contributed by atoms with Crippen LogP contribution in [0.3, 0.4) is 0 Å². The van der Waals surface area contributed by atoms with Gasteiger partial charge in [0, 0.05) is 23.2 Å². The van der Waals surface area contributed by atoms with Gasteiger partial charge in [-0.15, -0.1) is 0 Å². The molecule has 3 aromatic heterocycles. The van der Waals surface area contributed by atoms with Crippen molar-refractivity contribution in [1.82, 2.24) is 30.7 Å². The van der Waals surface area contributed by atoms with Crippen LogP contribution in [0.2, 0.25) is 0 Å². The zero-order valence-electron chi connectivity index (χ0n) is 15.3. The first-order chi connectivity index (χ1) is 13.8. The number of carbonyl (C=O) groups is 1. The molecule has 0 aliphatic heterocycles. The van der Waals surface area contributed by atoms with Crippen LogP contribution in [0.4, 0.5) is 0 Å². The van der Waals surface area contributed by atoms with Gasteiger partial charge in [0.1, 0.15) is 0 Å². The average Bonchev–Trinajstić information content (AvgIpc) is 3.48. The number of amides is 1. The van der Waals surface area contributed by atoms with E-state index in [1.807, 2.05) is 36.4 Å². The van der Waals surface area contributed by atoms with Gasteiger partial charge < -0.3 is 5.32 Å². The second-order valence-corrected chi connectivity index (χ2v) is 7.16. The van der Waals surface area contributed by atoms with Gasteiger partial charge in [0.2, 0.25) is 0 Å². The molecule has 28 heavy (non-hydrogen) atoms. The Bertz CT molecular complexity index is 1120. The highest BCUT2D eigenvalue weighted by Crippen LogP contribution is 2.31. The lowest BCUT2D eigenvalue weighted by molar-refractivity contribution is 0.0934. The summed E-state index contributed by atoms with van der Waals surface area (Å²) in [6.07, 6.45) is 7.97. The minimum Gasteiger partial charge on any atom is -0.348 e. The van der Waals surface area contributed by atoms with Crippen molar-refractivity contribution in [3.05, 3.63) is 54.5 Å². The fourth-order valence-corrected chi connectivity index (χ4v) is 3.89. The Morgan fingerprint density at radius 3 is 2.82 bits per heavy atom. The summed E-state index contributed by atoms with van der Waals surface area (Å²) in [5.74, 6) is -0.118. The minimum atomic E-state index is -0.118. The molecule has 1 aliphatic carbocycles. The molecule has 7 nitrogen and oxygen atoms in total. The van der Waals surface area contributed by atoms with Crippen LogP contribution in [0.1, 0.15) is 36.2 Å². The van der Waals surface area contributed by atoms with Crippen LogP contribution < -0.4 is 5.32 Å². The Hall–Kier alpha value is -3.48. The standard InChI is InChI=1S/C21H20N6O/c28-21(24-14-5-1-2-6-14)20-15-11-13(8-9-17(15)25-27-20)16-12-23-26-19(16)18-7-3-4-10-22-18/h3-4,7-12,14H,1-2,5-6H2,(H,23,26)(H,24,28)(H,25,27). The van der Waals surface area contributed by atoms with E-state index in [1.165, 1.54) is 12.8 Å². The number of benzene rings is 1. The topological polar surface area (TPSA) is 99.4 Å². The van der Waals surface area contributed by atoms with E-state index >= 15 is 0 Å². The van der Waals surface area contributed by atoms with E-state index in [2.05, 4.69) is 30.7 Å². The number of hydrogen-bond acceptors (Lipinski definition) is 4. The zero-order valence-corrected chi connectivity index (χ0v) is 15.3. The van der Waals surface area contributed by atoms with E-state index < -0.39 is 0 Å². The lowest BCUT2D eigenvalue weighted by Gasteiger charge is -2.10. The van der Waals surface area contributed by atoms with Crippen molar-refractivity contribution in [2.45, 2.75) is 31.7 Å². The van der Waals surface area contributed by atoms with E-state index in [9.17, 15) is 4.79 Å². The highest BCUT2D eigenvalue weighted by atomic mass is 16.2. The number of nitrogens with zero attached hydrogens (tertiary/aromatic N) is 3. The van der Waals surface area contributed by atoms with Crippen LogP contribution in [0.25, 0.3) is 33.4 Å². The molecule has 0 atom stereocenters. The lowest BCUT2D eigenvalue weighted by Crippen LogP contribution is -2.32. The van der Waals surface area contributed by atoms with Crippen molar-refractivity contribution in [2.75, 3.05) is 0 Å². The molecule has 1 fully saturated rings. The van der Waals surface area contributed by atoms with Crippen LogP contribution in [-0.4, -0.2) is 37.3 Å². The number of aromatic amines is 2. The van der Waals surface area contributed by atoms with Crippen molar-refractivity contribution in [1.29, 1.82) is 0 Å². The molecule has 0 radical (unpaired) electrons. The predicted octanol–water partition coefficient (Wildman–Crippen LogP) is 3.69. The molecule has 5 rings (SSSR count). The molecule has 0 unspecified atom stereocenters. The molecular weight excluding hydrogens is 352 g/mol. The summed E-state index contributed by atoms with van der Waals surface area (Å²) in [7, 11) is 0. The van der Waals surface area contributed by atoms with Crippen LogP contribution in [-0.2, 0) is 0 Å². The second kappa shape index (κ2) is 6.92. The first-order valence-electron chi connectivity index (χ1n) is 9.54. The van der Waals surface area contributed by atoms with E-state index in [4.69, 9.17) is 0 Å². The molecule has 0 bridgehead atoms. The number of pyridine rings is 1. The third-order valence-electron chi connectivity index (χ3n) is 5.34. The maximum absolute atomic E-state index is 12.7. The monoisotopic (exact) mass is 372 g/mol. The number of aromatic nitrogens is 5. The highest BCUT2D eigenvalue weighted by Gasteiger charge is 2.21. The predicted molar refractivity (Wildman–Crippen MR) is 107 cm³/mol. The van der Waals surface area contributed by atoms with E-state index in [0.29, 0.717) is 5.69 Å². The van der Waals surface area contributed by atoms with Gasteiger partial charge >= 0.3 is 0 Å². The molecule has 3 N–H and O–H groups in total. The Kier molecular flexibility index (Phi) is 4.12. The van der Waals surface area contributed by atoms with Gasteiger partial charge in [-0.3, -0.25) is 20.0 Å². The van der Waals surface area contributed by atoms with E-state index in [-0.39, 0.29) is 11.9 Å². The molecule has 0 spiro atoms. The molecule has 1 aliphatic rings. The summed E-state index contributed by atoms with van der Waals surface area (Å²) in [6, 6.07) is 11.9. The minimum absolute atomic E-state index is 0.118. The van der Waals surface area contributed by atoms with Gasteiger partial charge in [-0.1, -0.05) is 25.0 Å². The van der Waals surface area contributed by atoms with Crippen molar-refractivity contribution in [3.63, 3.8) is 0 Å². The van der Waals surface area contributed by atoms with Crippen LogP contribution in [0.5, 0.6) is 0 Å². The Morgan fingerprint density at radius 2 is 2.00 bits per heavy atom. The number of nitrogens with one attached hydrogen (secondary N) is 3. The third-order valence-corrected chi connectivity index (χ3v) is 5.34. The van der Waals surface area contributed by atoms with Crippen molar-refractivity contribution < 1.29 is 4.79 Å². The summed E-state index contributed by atoms with van der Waals surface area (Å²) < 4.78 is 0. The maximum Gasteiger partial charge on any atom is 0.272 e. The van der Waals surface area contributed by atoms with Gasteiger partial charge in [0.05, 0.1) is 23.1 Å². The van der Waals surface area contributed by atoms with Crippen molar-refractivity contribution in [3.8, 4) is 22.5 Å². The van der Waals surface area contributed by atoms with Gasteiger partial charge in [0.25, 0.3) is 5.91 Å². The summed E-state index contributed by atoms with van der Waals surface area (Å²) in [6.45, 7) is 0. The van der Waals surface area contributed by atoms with Crippen molar-refractivity contribution in [2.24, 2.45) is 0 Å². The first kappa shape index (κ1) is 16.7. The largest absolute Gasteiger partial charge is 0.348 e. The third kappa shape index (κ3) is 2.94. The molecule has 1 saturated carbocycles.